The van der Waals surface area contributed by atoms with Gasteiger partial charge in [0.2, 0.25) is 0 Å². The van der Waals surface area contributed by atoms with E-state index in [1.54, 1.807) is 5.56 Å². The maximum atomic E-state index is 3.69. The first-order valence-electron chi connectivity index (χ1n) is 8.54. The molecule has 1 saturated carbocycles. The predicted octanol–water partition coefficient (Wildman–Crippen LogP) is 5.04. The summed E-state index contributed by atoms with van der Waals surface area (Å²) < 4.78 is 0. The summed E-state index contributed by atoms with van der Waals surface area (Å²) in [5.41, 5.74) is 1.90. The molecule has 0 atom stereocenters. The van der Waals surface area contributed by atoms with Gasteiger partial charge in [0, 0.05) is 12.0 Å². The highest BCUT2D eigenvalue weighted by Crippen LogP contribution is 2.40. The van der Waals surface area contributed by atoms with E-state index < -0.39 is 0 Å². The van der Waals surface area contributed by atoms with Crippen LogP contribution in [0.1, 0.15) is 51.0 Å². The van der Waals surface area contributed by atoms with E-state index in [9.17, 15) is 0 Å². The van der Waals surface area contributed by atoms with E-state index in [1.165, 1.54) is 49.3 Å². The van der Waals surface area contributed by atoms with E-state index >= 15 is 0 Å². The molecule has 2 aromatic carbocycles. The lowest BCUT2D eigenvalue weighted by molar-refractivity contribution is 0.280. The van der Waals surface area contributed by atoms with Gasteiger partial charge in [-0.1, -0.05) is 68.7 Å². The number of rotatable bonds is 5. The Morgan fingerprint density at radius 1 is 0.952 bits per heavy atom. The van der Waals surface area contributed by atoms with Gasteiger partial charge in [0.15, 0.2) is 0 Å². The summed E-state index contributed by atoms with van der Waals surface area (Å²) in [5.74, 6) is 0. The predicted molar refractivity (Wildman–Crippen MR) is 91.9 cm³/mol. The smallest absolute Gasteiger partial charge is 0.00780 e. The van der Waals surface area contributed by atoms with Crippen molar-refractivity contribution in [3.63, 3.8) is 0 Å². The molecule has 0 aliphatic heterocycles. The zero-order valence-corrected chi connectivity index (χ0v) is 13.2. The third-order valence-corrected chi connectivity index (χ3v) is 5.06. The minimum atomic E-state index is 0.359. The molecule has 1 N–H and O–H groups in total. The normalized spacial score (nSPS) is 18.0. The van der Waals surface area contributed by atoms with Crippen molar-refractivity contribution >= 4 is 10.8 Å². The van der Waals surface area contributed by atoms with Gasteiger partial charge in [0.05, 0.1) is 0 Å². The summed E-state index contributed by atoms with van der Waals surface area (Å²) in [6.07, 6.45) is 8.04. The molecule has 0 heterocycles. The van der Waals surface area contributed by atoms with Crippen molar-refractivity contribution < 1.29 is 0 Å². The number of hydrogen-bond donors (Lipinski definition) is 1. The van der Waals surface area contributed by atoms with Crippen molar-refractivity contribution in [2.45, 2.75) is 50.9 Å². The summed E-state index contributed by atoms with van der Waals surface area (Å²) in [5, 5.41) is 6.43. The van der Waals surface area contributed by atoms with Crippen LogP contribution in [0.4, 0.5) is 0 Å². The van der Waals surface area contributed by atoms with E-state index in [0.717, 1.165) is 13.1 Å². The Morgan fingerprint density at radius 3 is 2.48 bits per heavy atom. The standard InChI is InChI=1S/C20H27N/c1-2-14-21-16-20(12-6-3-7-13-20)19-11-10-17-8-4-5-9-18(17)15-19/h4-5,8-11,15,21H,2-3,6-7,12-14,16H2,1H3. The lowest BCUT2D eigenvalue weighted by Gasteiger charge is -2.38. The van der Waals surface area contributed by atoms with E-state index in [-0.39, 0.29) is 0 Å². The monoisotopic (exact) mass is 281 g/mol. The second-order valence-corrected chi connectivity index (χ2v) is 6.58. The zero-order valence-electron chi connectivity index (χ0n) is 13.2. The fraction of sp³-hybridized carbons (Fsp3) is 0.500. The second-order valence-electron chi connectivity index (χ2n) is 6.58. The molecular formula is C20H27N. The van der Waals surface area contributed by atoms with Gasteiger partial charge < -0.3 is 5.32 Å². The van der Waals surface area contributed by atoms with Gasteiger partial charge in [-0.15, -0.1) is 0 Å². The van der Waals surface area contributed by atoms with Crippen LogP contribution < -0.4 is 5.32 Å². The van der Waals surface area contributed by atoms with Gasteiger partial charge in [-0.3, -0.25) is 0 Å². The Kier molecular flexibility index (Phi) is 4.60. The van der Waals surface area contributed by atoms with Crippen LogP contribution in [0.3, 0.4) is 0 Å². The van der Waals surface area contributed by atoms with Crippen LogP contribution in [0.25, 0.3) is 10.8 Å². The molecule has 0 saturated heterocycles. The third-order valence-electron chi connectivity index (χ3n) is 5.06. The molecule has 2 aromatic rings. The molecule has 3 rings (SSSR count). The van der Waals surface area contributed by atoms with Crippen molar-refractivity contribution in [2.24, 2.45) is 0 Å². The molecule has 21 heavy (non-hydrogen) atoms. The molecule has 0 radical (unpaired) electrons. The minimum Gasteiger partial charge on any atom is -0.316 e. The number of benzene rings is 2. The van der Waals surface area contributed by atoms with E-state index in [2.05, 4.69) is 54.7 Å². The molecule has 112 valence electrons. The molecule has 0 bridgehead atoms. The second kappa shape index (κ2) is 6.62. The highest BCUT2D eigenvalue weighted by molar-refractivity contribution is 5.83. The van der Waals surface area contributed by atoms with Crippen LogP contribution in [0.2, 0.25) is 0 Å². The molecule has 0 aromatic heterocycles. The van der Waals surface area contributed by atoms with Crippen molar-refractivity contribution in [1.82, 2.24) is 5.32 Å². The Balaban J connectivity index is 1.92. The van der Waals surface area contributed by atoms with Crippen LogP contribution in [-0.2, 0) is 5.41 Å². The van der Waals surface area contributed by atoms with E-state index in [0.29, 0.717) is 5.41 Å². The summed E-state index contributed by atoms with van der Waals surface area (Å²) >= 11 is 0. The van der Waals surface area contributed by atoms with Crippen molar-refractivity contribution in [3.8, 4) is 0 Å². The Bertz CT molecular complexity index is 581. The first-order valence-corrected chi connectivity index (χ1v) is 8.54. The number of fused-ring (bicyclic) bond motifs is 1. The van der Waals surface area contributed by atoms with Crippen LogP contribution in [0, 0.1) is 0 Å². The molecule has 1 aliphatic carbocycles. The lowest BCUT2D eigenvalue weighted by atomic mass is 9.69. The van der Waals surface area contributed by atoms with Crippen LogP contribution >= 0.6 is 0 Å². The number of nitrogens with one attached hydrogen (secondary N) is 1. The van der Waals surface area contributed by atoms with E-state index in [4.69, 9.17) is 0 Å². The molecule has 0 unspecified atom stereocenters. The van der Waals surface area contributed by atoms with Gasteiger partial charge >= 0.3 is 0 Å². The largest absolute Gasteiger partial charge is 0.316 e. The van der Waals surface area contributed by atoms with Crippen molar-refractivity contribution in [2.75, 3.05) is 13.1 Å². The van der Waals surface area contributed by atoms with Gasteiger partial charge in [-0.2, -0.15) is 0 Å². The summed E-state index contributed by atoms with van der Waals surface area (Å²) in [6.45, 7) is 4.52. The first-order chi connectivity index (χ1) is 10.3. The van der Waals surface area contributed by atoms with Crippen LogP contribution in [0.15, 0.2) is 42.5 Å². The zero-order chi connectivity index (χ0) is 14.5. The van der Waals surface area contributed by atoms with Crippen molar-refractivity contribution in [1.29, 1.82) is 0 Å². The third kappa shape index (κ3) is 3.13. The molecular weight excluding hydrogens is 254 g/mol. The highest BCUT2D eigenvalue weighted by Gasteiger charge is 2.33. The topological polar surface area (TPSA) is 12.0 Å². The van der Waals surface area contributed by atoms with Crippen molar-refractivity contribution in [3.05, 3.63) is 48.0 Å². The first kappa shape index (κ1) is 14.6. The summed E-state index contributed by atoms with van der Waals surface area (Å²) in [7, 11) is 0. The minimum absolute atomic E-state index is 0.359. The molecule has 1 nitrogen and oxygen atoms in total. The average molecular weight is 281 g/mol. The molecule has 1 aliphatic rings. The maximum Gasteiger partial charge on any atom is 0.00780 e. The fourth-order valence-electron chi connectivity index (χ4n) is 3.82. The highest BCUT2D eigenvalue weighted by atomic mass is 14.9. The van der Waals surface area contributed by atoms with Gasteiger partial charge in [0.25, 0.3) is 0 Å². The summed E-state index contributed by atoms with van der Waals surface area (Å²) in [4.78, 5) is 0. The molecule has 1 fully saturated rings. The maximum absolute atomic E-state index is 3.69. The molecule has 0 spiro atoms. The lowest BCUT2D eigenvalue weighted by Crippen LogP contribution is -2.40. The molecule has 1 heteroatoms. The summed E-state index contributed by atoms with van der Waals surface area (Å²) in [6, 6.07) is 15.9. The SMILES string of the molecule is CCCNCC1(c2ccc3ccccc3c2)CCCCC1. The Labute approximate surface area is 128 Å². The fourth-order valence-corrected chi connectivity index (χ4v) is 3.82. The van der Waals surface area contributed by atoms with Crippen LogP contribution in [-0.4, -0.2) is 13.1 Å². The number of hydrogen-bond acceptors (Lipinski definition) is 1. The van der Waals surface area contributed by atoms with Gasteiger partial charge in [-0.25, -0.2) is 0 Å². The Morgan fingerprint density at radius 2 is 1.71 bits per heavy atom. The van der Waals surface area contributed by atoms with E-state index in [1.807, 2.05) is 0 Å². The Hall–Kier alpha value is -1.34. The quantitative estimate of drug-likeness (QED) is 0.757. The average Bonchev–Trinajstić information content (AvgIpc) is 2.55. The van der Waals surface area contributed by atoms with Crippen LogP contribution in [0.5, 0.6) is 0 Å². The van der Waals surface area contributed by atoms with Gasteiger partial charge in [0.1, 0.15) is 0 Å². The molecule has 0 amide bonds. The van der Waals surface area contributed by atoms with Gasteiger partial charge in [-0.05, 0) is 42.1 Å².